The molecule has 4 rings (SSSR count). The number of piperazine rings is 1. The first-order valence-electron chi connectivity index (χ1n) is 10.7. The van der Waals surface area contributed by atoms with E-state index >= 15 is 0 Å². The maximum atomic E-state index is 5.86. The van der Waals surface area contributed by atoms with E-state index in [1.165, 1.54) is 5.56 Å². The fourth-order valence-corrected chi connectivity index (χ4v) is 4.03. The van der Waals surface area contributed by atoms with Gasteiger partial charge in [0.05, 0.1) is 18.9 Å². The van der Waals surface area contributed by atoms with E-state index in [-0.39, 0.29) is 0 Å². The highest BCUT2D eigenvalue weighted by Crippen LogP contribution is 2.34. The number of hydrogen-bond acceptors (Lipinski definition) is 6. The molecule has 0 aliphatic carbocycles. The maximum Gasteiger partial charge on any atom is 0.161 e. The summed E-state index contributed by atoms with van der Waals surface area (Å²) in [5.74, 6) is 1.64. The number of likely N-dealkylation sites (N-methyl/N-ethyl adjacent to an activating group) is 1. The molecule has 2 aromatic rings. The topological polar surface area (TPSA) is 54.8 Å². The zero-order chi connectivity index (χ0) is 20.2. The van der Waals surface area contributed by atoms with Crippen LogP contribution in [0.3, 0.4) is 0 Å². The smallest absolute Gasteiger partial charge is 0.161 e. The first kappa shape index (κ1) is 20.2. The third kappa shape index (κ3) is 4.91. The molecule has 1 unspecified atom stereocenters. The standard InChI is InChI=1S/C22H33N5O2/c1-17(27-9-7-25(2)8-10-27)14-23-15-19-16-26(3)24-22(19)18-5-6-20-21(13-18)29-12-4-11-28-20/h5-6,13,16-17,23H,4,7-12,14-15H2,1-3H3. The number of hydrogen-bond donors (Lipinski definition) is 1. The van der Waals surface area contributed by atoms with E-state index in [9.17, 15) is 0 Å². The van der Waals surface area contributed by atoms with Gasteiger partial charge in [0.25, 0.3) is 0 Å². The lowest BCUT2D eigenvalue weighted by atomic mass is 10.1. The van der Waals surface area contributed by atoms with E-state index in [0.717, 1.165) is 68.4 Å². The zero-order valence-electron chi connectivity index (χ0n) is 17.9. The van der Waals surface area contributed by atoms with Crippen LogP contribution >= 0.6 is 0 Å². The fraction of sp³-hybridized carbons (Fsp3) is 0.591. The lowest BCUT2D eigenvalue weighted by molar-refractivity contribution is 0.118. The number of ether oxygens (including phenoxy) is 2. The molecule has 3 heterocycles. The fourth-order valence-electron chi connectivity index (χ4n) is 4.03. The molecular weight excluding hydrogens is 366 g/mol. The van der Waals surface area contributed by atoms with Crippen LogP contribution in [0, 0.1) is 0 Å². The lowest BCUT2D eigenvalue weighted by Crippen LogP contribution is -2.50. The highest BCUT2D eigenvalue weighted by molar-refractivity contribution is 5.66. The molecule has 7 heteroatoms. The number of benzene rings is 1. The molecule has 158 valence electrons. The Kier molecular flexibility index (Phi) is 6.37. The number of aryl methyl sites for hydroxylation is 1. The molecule has 29 heavy (non-hydrogen) atoms. The second-order valence-electron chi connectivity index (χ2n) is 8.21. The Labute approximate surface area is 173 Å². The number of fused-ring (bicyclic) bond motifs is 1. The summed E-state index contributed by atoms with van der Waals surface area (Å²) in [5.41, 5.74) is 3.27. The minimum Gasteiger partial charge on any atom is -0.490 e. The summed E-state index contributed by atoms with van der Waals surface area (Å²) >= 11 is 0. The molecule has 2 aliphatic rings. The minimum atomic E-state index is 0.530. The number of rotatable bonds is 6. The van der Waals surface area contributed by atoms with E-state index in [1.54, 1.807) is 0 Å². The maximum absolute atomic E-state index is 5.86. The molecule has 1 aromatic heterocycles. The van der Waals surface area contributed by atoms with Gasteiger partial charge < -0.3 is 19.7 Å². The number of aromatic nitrogens is 2. The van der Waals surface area contributed by atoms with E-state index in [4.69, 9.17) is 14.6 Å². The van der Waals surface area contributed by atoms with Crippen molar-refractivity contribution in [2.24, 2.45) is 7.05 Å². The van der Waals surface area contributed by atoms with Crippen LogP contribution in [0.1, 0.15) is 18.9 Å². The average Bonchev–Trinajstić information content (AvgIpc) is 2.94. The van der Waals surface area contributed by atoms with Crippen LogP contribution in [0.25, 0.3) is 11.3 Å². The van der Waals surface area contributed by atoms with Crippen LogP contribution in [0.15, 0.2) is 24.4 Å². The predicted molar refractivity (Wildman–Crippen MR) is 114 cm³/mol. The lowest BCUT2D eigenvalue weighted by Gasteiger charge is -2.36. The Bertz CT molecular complexity index is 814. The molecule has 1 N–H and O–H groups in total. The van der Waals surface area contributed by atoms with E-state index < -0.39 is 0 Å². The quantitative estimate of drug-likeness (QED) is 0.802. The van der Waals surface area contributed by atoms with E-state index in [2.05, 4.69) is 47.4 Å². The highest BCUT2D eigenvalue weighted by Gasteiger charge is 2.19. The molecular formula is C22H33N5O2. The van der Waals surface area contributed by atoms with Crippen molar-refractivity contribution in [2.75, 3.05) is 53.0 Å². The van der Waals surface area contributed by atoms with Gasteiger partial charge in [-0.15, -0.1) is 0 Å². The molecule has 0 radical (unpaired) electrons. The Hall–Kier alpha value is -2.09. The third-order valence-corrected chi connectivity index (χ3v) is 5.84. The summed E-state index contributed by atoms with van der Waals surface area (Å²) in [5, 5.41) is 8.35. The van der Waals surface area contributed by atoms with Crippen LogP contribution in [0.4, 0.5) is 0 Å². The van der Waals surface area contributed by atoms with E-state index in [0.29, 0.717) is 19.3 Å². The van der Waals surface area contributed by atoms with Crippen LogP contribution in [0.5, 0.6) is 11.5 Å². The number of nitrogens with zero attached hydrogens (tertiary/aromatic N) is 4. The van der Waals surface area contributed by atoms with Crippen molar-refractivity contribution in [3.8, 4) is 22.8 Å². The second kappa shape index (κ2) is 9.15. The van der Waals surface area contributed by atoms with E-state index in [1.807, 2.05) is 17.8 Å². The van der Waals surface area contributed by atoms with Gasteiger partial charge in [-0.1, -0.05) is 0 Å². The van der Waals surface area contributed by atoms with Gasteiger partial charge in [0, 0.05) is 76.1 Å². The summed E-state index contributed by atoms with van der Waals surface area (Å²) in [4.78, 5) is 4.97. The van der Waals surface area contributed by atoms with Crippen molar-refractivity contribution < 1.29 is 9.47 Å². The Morgan fingerprint density at radius 3 is 2.62 bits per heavy atom. The van der Waals surface area contributed by atoms with Crippen molar-refractivity contribution >= 4 is 0 Å². The largest absolute Gasteiger partial charge is 0.490 e. The molecule has 1 saturated heterocycles. The number of nitrogens with one attached hydrogen (secondary N) is 1. The molecule has 1 atom stereocenters. The van der Waals surface area contributed by atoms with Crippen LogP contribution in [0.2, 0.25) is 0 Å². The van der Waals surface area contributed by atoms with Gasteiger partial charge in [0.2, 0.25) is 0 Å². The third-order valence-electron chi connectivity index (χ3n) is 5.84. The Morgan fingerprint density at radius 1 is 1.07 bits per heavy atom. The first-order valence-corrected chi connectivity index (χ1v) is 10.7. The van der Waals surface area contributed by atoms with Crippen molar-refractivity contribution in [3.63, 3.8) is 0 Å². The minimum absolute atomic E-state index is 0.530. The van der Waals surface area contributed by atoms with Gasteiger partial charge in [-0.2, -0.15) is 5.10 Å². The average molecular weight is 400 g/mol. The van der Waals surface area contributed by atoms with Gasteiger partial charge in [-0.3, -0.25) is 9.58 Å². The van der Waals surface area contributed by atoms with Gasteiger partial charge in [0.15, 0.2) is 11.5 Å². The monoisotopic (exact) mass is 399 g/mol. The molecule has 7 nitrogen and oxygen atoms in total. The zero-order valence-corrected chi connectivity index (χ0v) is 17.9. The van der Waals surface area contributed by atoms with Crippen LogP contribution in [-0.4, -0.2) is 78.6 Å². The molecule has 2 aliphatic heterocycles. The Morgan fingerprint density at radius 2 is 1.83 bits per heavy atom. The van der Waals surface area contributed by atoms with Gasteiger partial charge >= 0.3 is 0 Å². The van der Waals surface area contributed by atoms with Crippen molar-refractivity contribution in [2.45, 2.75) is 25.9 Å². The van der Waals surface area contributed by atoms with Crippen molar-refractivity contribution in [3.05, 3.63) is 30.0 Å². The summed E-state index contributed by atoms with van der Waals surface area (Å²) < 4.78 is 13.5. The molecule has 1 fully saturated rings. The summed E-state index contributed by atoms with van der Waals surface area (Å²) in [6, 6.07) is 6.66. The molecule has 0 spiro atoms. The first-order chi connectivity index (χ1) is 14.1. The van der Waals surface area contributed by atoms with Crippen molar-refractivity contribution in [1.82, 2.24) is 24.9 Å². The van der Waals surface area contributed by atoms with Gasteiger partial charge in [-0.05, 0) is 32.2 Å². The molecule has 0 saturated carbocycles. The van der Waals surface area contributed by atoms with Crippen LogP contribution in [-0.2, 0) is 13.6 Å². The molecule has 1 aromatic carbocycles. The molecule has 0 bridgehead atoms. The summed E-state index contributed by atoms with van der Waals surface area (Å²) in [6.45, 7) is 10.1. The second-order valence-corrected chi connectivity index (χ2v) is 8.21. The van der Waals surface area contributed by atoms with Gasteiger partial charge in [0.1, 0.15) is 0 Å². The summed E-state index contributed by atoms with van der Waals surface area (Å²) in [7, 11) is 4.17. The SMILES string of the molecule is CC(CNCc1cn(C)nc1-c1ccc2c(c1)OCCCO2)N1CCN(C)CC1. The molecule has 0 amide bonds. The summed E-state index contributed by atoms with van der Waals surface area (Å²) in [6.07, 6.45) is 3.01. The van der Waals surface area contributed by atoms with Gasteiger partial charge in [-0.25, -0.2) is 0 Å². The van der Waals surface area contributed by atoms with Crippen LogP contribution < -0.4 is 14.8 Å². The normalized spacial score (nSPS) is 19.1. The Balaban J connectivity index is 1.40. The predicted octanol–water partition coefficient (Wildman–Crippen LogP) is 1.97. The highest BCUT2D eigenvalue weighted by atomic mass is 16.5. The van der Waals surface area contributed by atoms with Crippen molar-refractivity contribution in [1.29, 1.82) is 0 Å².